The Morgan fingerprint density at radius 1 is 1.35 bits per heavy atom. The van der Waals surface area contributed by atoms with Gasteiger partial charge in [0.25, 0.3) is 10.0 Å². The van der Waals surface area contributed by atoms with Gasteiger partial charge in [-0.3, -0.25) is 4.79 Å². The summed E-state index contributed by atoms with van der Waals surface area (Å²) in [6, 6.07) is 6.20. The number of sulfonamides is 1. The van der Waals surface area contributed by atoms with Gasteiger partial charge in [0, 0.05) is 17.5 Å². The summed E-state index contributed by atoms with van der Waals surface area (Å²) in [6.45, 7) is 3.89. The Morgan fingerprint density at radius 3 is 2.60 bits per heavy atom. The monoisotopic (exact) mass is 313 g/mol. The number of thiophene rings is 1. The molecule has 2 aromatic heterocycles. The summed E-state index contributed by atoms with van der Waals surface area (Å²) >= 11 is 1.50. The van der Waals surface area contributed by atoms with Gasteiger partial charge in [0.15, 0.2) is 12.0 Å². The lowest BCUT2D eigenvalue weighted by molar-refractivity contribution is 0.109. The maximum Gasteiger partial charge on any atom is 0.277 e. The van der Waals surface area contributed by atoms with E-state index in [1.165, 1.54) is 27.8 Å². The maximum absolute atomic E-state index is 12.6. The van der Waals surface area contributed by atoms with Crippen molar-refractivity contribution >= 4 is 27.6 Å². The smallest absolute Gasteiger partial charge is 0.277 e. The van der Waals surface area contributed by atoms with Gasteiger partial charge in [-0.05, 0) is 37.4 Å². The topological polar surface area (TPSA) is 67.6 Å². The third-order valence-corrected chi connectivity index (χ3v) is 5.51. The molecule has 0 atom stereocenters. The summed E-state index contributed by atoms with van der Waals surface area (Å²) in [5.41, 5.74) is 0. The molecule has 0 saturated carbocycles. The summed E-state index contributed by atoms with van der Waals surface area (Å²) in [5, 5.41) is 1.70. The highest BCUT2D eigenvalue weighted by Crippen LogP contribution is 2.23. The molecule has 108 valence electrons. The predicted molar refractivity (Wildman–Crippen MR) is 76.3 cm³/mol. The summed E-state index contributed by atoms with van der Waals surface area (Å²) in [5.74, 6) is 0.00315. The van der Waals surface area contributed by atoms with Crippen molar-refractivity contribution in [2.24, 2.45) is 0 Å². The fraction of sp³-hybridized carbons (Fsp3) is 0.308. The molecule has 2 aromatic rings. The highest BCUT2D eigenvalue weighted by Gasteiger charge is 2.30. The van der Waals surface area contributed by atoms with E-state index in [4.69, 9.17) is 4.42 Å². The third-order valence-electron chi connectivity index (χ3n) is 2.75. The number of carbonyl (C=O) groups excluding carboxylic acids is 1. The van der Waals surface area contributed by atoms with E-state index < -0.39 is 10.0 Å². The van der Waals surface area contributed by atoms with Crippen molar-refractivity contribution in [3.05, 3.63) is 40.3 Å². The molecule has 0 aliphatic carbocycles. The minimum absolute atomic E-state index is 0.00315. The van der Waals surface area contributed by atoms with Crippen molar-refractivity contribution in [1.29, 1.82) is 0 Å². The average molecular weight is 313 g/mol. The van der Waals surface area contributed by atoms with Crippen molar-refractivity contribution in [1.82, 2.24) is 4.31 Å². The second kappa shape index (κ2) is 5.90. The molecule has 0 amide bonds. The molecular weight excluding hydrogens is 298 g/mol. The lowest BCUT2D eigenvalue weighted by Gasteiger charge is -2.24. The van der Waals surface area contributed by atoms with Crippen LogP contribution in [0.5, 0.6) is 0 Å². The standard InChI is InChI=1S/C13H15NO4S2/c1-10(2)14(8-12-4-3-7-19-12)20(16,17)13-6-5-11(9-15)18-13/h3-7,9-10H,8H2,1-2H3. The molecule has 0 saturated heterocycles. The number of furan rings is 1. The van der Waals surface area contributed by atoms with Crippen molar-refractivity contribution in [2.75, 3.05) is 0 Å². The van der Waals surface area contributed by atoms with Gasteiger partial charge in [-0.25, -0.2) is 8.42 Å². The van der Waals surface area contributed by atoms with E-state index in [0.29, 0.717) is 6.29 Å². The number of carbonyl (C=O) groups is 1. The van der Waals surface area contributed by atoms with Crippen molar-refractivity contribution in [2.45, 2.75) is 31.5 Å². The number of nitrogens with zero attached hydrogens (tertiary/aromatic N) is 1. The van der Waals surface area contributed by atoms with Crippen LogP contribution in [-0.4, -0.2) is 25.1 Å². The van der Waals surface area contributed by atoms with E-state index in [0.717, 1.165) is 4.88 Å². The van der Waals surface area contributed by atoms with Crippen LogP contribution >= 0.6 is 11.3 Å². The first-order valence-electron chi connectivity index (χ1n) is 6.04. The van der Waals surface area contributed by atoms with Gasteiger partial charge in [-0.2, -0.15) is 4.31 Å². The third kappa shape index (κ3) is 3.00. The molecule has 2 heterocycles. The van der Waals surface area contributed by atoms with Crippen LogP contribution in [0, 0.1) is 0 Å². The number of rotatable bonds is 6. The first-order valence-corrected chi connectivity index (χ1v) is 8.36. The summed E-state index contributed by atoms with van der Waals surface area (Å²) in [4.78, 5) is 11.6. The molecule has 0 N–H and O–H groups in total. The van der Waals surface area contributed by atoms with Gasteiger partial charge in [-0.1, -0.05) is 6.07 Å². The first kappa shape index (κ1) is 15.0. The van der Waals surface area contributed by atoms with Gasteiger partial charge >= 0.3 is 0 Å². The summed E-state index contributed by atoms with van der Waals surface area (Å²) in [6.07, 6.45) is 0.484. The number of hydrogen-bond donors (Lipinski definition) is 0. The lowest BCUT2D eigenvalue weighted by atomic mass is 10.4. The van der Waals surface area contributed by atoms with Crippen molar-refractivity contribution in [3.8, 4) is 0 Å². The van der Waals surface area contributed by atoms with Gasteiger partial charge in [0.05, 0.1) is 0 Å². The van der Waals surface area contributed by atoms with E-state index in [9.17, 15) is 13.2 Å². The molecule has 0 spiro atoms. The Balaban J connectivity index is 2.34. The predicted octanol–water partition coefficient (Wildman–Crippen LogP) is 2.75. The Kier molecular flexibility index (Phi) is 4.42. The zero-order valence-corrected chi connectivity index (χ0v) is 12.8. The van der Waals surface area contributed by atoms with Crippen LogP contribution in [0.4, 0.5) is 0 Å². The second-order valence-electron chi connectivity index (χ2n) is 4.50. The van der Waals surface area contributed by atoms with Crippen LogP contribution < -0.4 is 0 Å². The van der Waals surface area contributed by atoms with E-state index in [-0.39, 0.29) is 23.4 Å². The molecule has 5 nitrogen and oxygen atoms in total. The summed E-state index contributed by atoms with van der Waals surface area (Å²) < 4.78 is 31.5. The molecule has 2 rings (SSSR count). The molecule has 0 aromatic carbocycles. The molecule has 7 heteroatoms. The molecule has 0 unspecified atom stereocenters. The molecule has 0 bridgehead atoms. The minimum atomic E-state index is -3.75. The Morgan fingerprint density at radius 2 is 2.10 bits per heavy atom. The van der Waals surface area contributed by atoms with E-state index in [2.05, 4.69) is 0 Å². The largest absolute Gasteiger partial charge is 0.440 e. The molecular formula is C13H15NO4S2. The fourth-order valence-corrected chi connectivity index (χ4v) is 4.07. The van der Waals surface area contributed by atoms with Crippen LogP contribution in [-0.2, 0) is 16.6 Å². The van der Waals surface area contributed by atoms with E-state index in [1.54, 1.807) is 13.8 Å². The van der Waals surface area contributed by atoms with Crippen LogP contribution in [0.2, 0.25) is 0 Å². The van der Waals surface area contributed by atoms with Crippen molar-refractivity contribution < 1.29 is 17.6 Å². The second-order valence-corrected chi connectivity index (χ2v) is 7.35. The Labute approximate surface area is 121 Å². The quantitative estimate of drug-likeness (QED) is 0.769. The van der Waals surface area contributed by atoms with Gasteiger partial charge < -0.3 is 4.42 Å². The highest BCUT2D eigenvalue weighted by molar-refractivity contribution is 7.89. The van der Waals surface area contributed by atoms with E-state index >= 15 is 0 Å². The van der Waals surface area contributed by atoms with Gasteiger partial charge in [-0.15, -0.1) is 11.3 Å². The Hall–Kier alpha value is -1.44. The first-order chi connectivity index (χ1) is 9.45. The van der Waals surface area contributed by atoms with Gasteiger partial charge in [0.1, 0.15) is 0 Å². The maximum atomic E-state index is 12.6. The molecule has 0 radical (unpaired) electrons. The van der Waals surface area contributed by atoms with Crippen LogP contribution in [0.15, 0.2) is 39.2 Å². The van der Waals surface area contributed by atoms with Crippen LogP contribution in [0.1, 0.15) is 29.3 Å². The zero-order valence-electron chi connectivity index (χ0n) is 11.1. The molecule has 0 fully saturated rings. The van der Waals surface area contributed by atoms with E-state index in [1.807, 2.05) is 17.5 Å². The van der Waals surface area contributed by atoms with Gasteiger partial charge in [0.2, 0.25) is 5.09 Å². The van der Waals surface area contributed by atoms with Crippen molar-refractivity contribution in [3.63, 3.8) is 0 Å². The molecule has 20 heavy (non-hydrogen) atoms. The normalized spacial score (nSPS) is 12.2. The van der Waals surface area contributed by atoms with Crippen LogP contribution in [0.3, 0.4) is 0 Å². The minimum Gasteiger partial charge on any atom is -0.440 e. The fourth-order valence-electron chi connectivity index (χ4n) is 1.75. The highest BCUT2D eigenvalue weighted by atomic mass is 32.2. The SMILES string of the molecule is CC(C)N(Cc1cccs1)S(=O)(=O)c1ccc(C=O)o1. The number of aldehydes is 1. The molecule has 0 aliphatic heterocycles. The lowest BCUT2D eigenvalue weighted by Crippen LogP contribution is -2.35. The van der Waals surface area contributed by atoms with Crippen LogP contribution in [0.25, 0.3) is 0 Å². The average Bonchev–Trinajstić information content (AvgIpc) is 3.06. The summed E-state index contributed by atoms with van der Waals surface area (Å²) in [7, 11) is -3.75. The molecule has 0 aliphatic rings. The Bertz CT molecular complexity index is 671. The number of hydrogen-bond acceptors (Lipinski definition) is 5. The zero-order chi connectivity index (χ0) is 14.8.